The Balaban J connectivity index is 1.35. The molecule has 36 heavy (non-hydrogen) atoms. The summed E-state index contributed by atoms with van der Waals surface area (Å²) in [6, 6.07) is 7.92. The van der Waals surface area contributed by atoms with Gasteiger partial charge in [0.25, 0.3) is 0 Å². The van der Waals surface area contributed by atoms with Gasteiger partial charge in [-0.05, 0) is 64.8 Å². The Labute approximate surface area is 213 Å². The number of hydrogen-bond acceptors (Lipinski definition) is 6. The molecule has 1 unspecified atom stereocenters. The number of nitrogens with zero attached hydrogens (tertiary/aromatic N) is 3. The minimum Gasteiger partial charge on any atom is -0.493 e. The van der Waals surface area contributed by atoms with Gasteiger partial charge in [-0.3, -0.25) is 9.79 Å². The van der Waals surface area contributed by atoms with E-state index < -0.39 is 0 Å². The van der Waals surface area contributed by atoms with E-state index in [9.17, 15) is 15.0 Å². The van der Waals surface area contributed by atoms with Crippen molar-refractivity contribution in [1.29, 1.82) is 0 Å². The van der Waals surface area contributed by atoms with Crippen LogP contribution in [0.3, 0.4) is 0 Å². The molecular weight excluding hydrogens is 458 g/mol. The van der Waals surface area contributed by atoms with Crippen LogP contribution in [0.2, 0.25) is 0 Å². The van der Waals surface area contributed by atoms with E-state index in [1.165, 1.54) is 11.1 Å². The van der Waals surface area contributed by atoms with E-state index in [0.29, 0.717) is 25.1 Å². The van der Waals surface area contributed by atoms with Crippen LogP contribution in [0.1, 0.15) is 45.7 Å². The van der Waals surface area contributed by atoms with Gasteiger partial charge in [0.15, 0.2) is 11.5 Å². The molecule has 2 aromatic rings. The third-order valence-corrected chi connectivity index (χ3v) is 7.51. The number of hydrogen-bond donors (Lipinski definition) is 2. The second-order valence-electron chi connectivity index (χ2n) is 9.53. The van der Waals surface area contributed by atoms with Gasteiger partial charge in [-0.2, -0.15) is 0 Å². The highest BCUT2D eigenvalue weighted by molar-refractivity contribution is 5.92. The van der Waals surface area contributed by atoms with Crippen molar-refractivity contribution in [2.45, 2.75) is 44.8 Å². The van der Waals surface area contributed by atoms with Crippen LogP contribution in [-0.4, -0.2) is 79.7 Å². The van der Waals surface area contributed by atoms with Crippen LogP contribution in [0.15, 0.2) is 29.3 Å². The molecule has 1 aliphatic heterocycles. The maximum absolute atomic E-state index is 13.0. The topological polar surface area (TPSA) is 94.8 Å². The lowest BCUT2D eigenvalue weighted by Crippen LogP contribution is -2.39. The monoisotopic (exact) mass is 495 g/mol. The SMILES string of the molecule is C/N=C(/C1Cc2cc(OC)c(OC)cc21)N(C)CCCN1CCc2cc(CO)c(CO)cc2CC1=O. The lowest BCUT2D eigenvalue weighted by molar-refractivity contribution is -0.130. The van der Waals surface area contributed by atoms with Crippen molar-refractivity contribution in [2.24, 2.45) is 4.99 Å². The Morgan fingerprint density at radius 3 is 2.36 bits per heavy atom. The lowest BCUT2D eigenvalue weighted by Gasteiger charge is -2.36. The molecule has 0 spiro atoms. The van der Waals surface area contributed by atoms with E-state index in [0.717, 1.165) is 59.8 Å². The molecule has 0 saturated carbocycles. The zero-order chi connectivity index (χ0) is 25.8. The van der Waals surface area contributed by atoms with E-state index in [-0.39, 0.29) is 25.0 Å². The molecule has 0 aromatic heterocycles. The van der Waals surface area contributed by atoms with Crippen molar-refractivity contribution >= 4 is 11.7 Å². The first-order chi connectivity index (χ1) is 17.4. The summed E-state index contributed by atoms with van der Waals surface area (Å²) in [4.78, 5) is 21.7. The van der Waals surface area contributed by atoms with E-state index in [1.807, 2.05) is 30.1 Å². The molecule has 2 N–H and O–H groups in total. The molecule has 194 valence electrons. The number of aliphatic hydroxyl groups is 2. The molecule has 0 bridgehead atoms. The van der Waals surface area contributed by atoms with Crippen LogP contribution >= 0.6 is 0 Å². The molecule has 8 nitrogen and oxygen atoms in total. The zero-order valence-corrected chi connectivity index (χ0v) is 21.7. The number of rotatable bonds is 9. The fourth-order valence-electron chi connectivity index (χ4n) is 5.45. The maximum Gasteiger partial charge on any atom is 0.227 e. The average Bonchev–Trinajstić information content (AvgIpc) is 3.03. The first-order valence-corrected chi connectivity index (χ1v) is 12.5. The van der Waals surface area contributed by atoms with Gasteiger partial charge in [-0.1, -0.05) is 12.1 Å². The summed E-state index contributed by atoms with van der Waals surface area (Å²) in [5.41, 5.74) is 5.95. The standard InChI is InChI=1S/C28H37N3O5/c1-29-28(24-12-20-13-25(35-3)26(36-4)15-23(20)24)30(2)7-5-8-31-9-6-18-10-21(16-32)22(17-33)11-19(18)14-27(31)34/h10-11,13,15,24,32-33H,5-9,12,14,16-17H2,1-4H3/b29-28-. The smallest absolute Gasteiger partial charge is 0.227 e. The summed E-state index contributed by atoms with van der Waals surface area (Å²) >= 11 is 0. The second kappa shape index (κ2) is 11.3. The number of benzene rings is 2. The number of carbonyl (C=O) groups excluding carboxylic acids is 1. The van der Waals surface area contributed by atoms with Crippen molar-refractivity contribution in [3.8, 4) is 11.5 Å². The fraction of sp³-hybridized carbons (Fsp3) is 0.500. The molecule has 4 rings (SSSR count). The van der Waals surface area contributed by atoms with Gasteiger partial charge in [0.05, 0.1) is 33.9 Å². The number of amides is 1. The molecule has 8 heteroatoms. The Hall–Kier alpha value is -3.10. The molecule has 1 heterocycles. The average molecular weight is 496 g/mol. The van der Waals surface area contributed by atoms with Crippen molar-refractivity contribution in [3.05, 3.63) is 57.6 Å². The fourth-order valence-corrected chi connectivity index (χ4v) is 5.45. The number of aliphatic imine (C=N–C) groups is 1. The third kappa shape index (κ3) is 5.06. The largest absolute Gasteiger partial charge is 0.493 e. The highest BCUT2D eigenvalue weighted by Gasteiger charge is 2.34. The molecule has 0 fully saturated rings. The van der Waals surface area contributed by atoms with Gasteiger partial charge in [-0.25, -0.2) is 0 Å². The highest BCUT2D eigenvalue weighted by atomic mass is 16.5. The normalized spacial score (nSPS) is 17.2. The van der Waals surface area contributed by atoms with Crippen molar-refractivity contribution in [3.63, 3.8) is 0 Å². The third-order valence-electron chi connectivity index (χ3n) is 7.51. The van der Waals surface area contributed by atoms with Crippen LogP contribution in [0.4, 0.5) is 0 Å². The molecule has 1 amide bonds. The number of fused-ring (bicyclic) bond motifs is 2. The summed E-state index contributed by atoms with van der Waals surface area (Å²) in [5, 5.41) is 19.2. The van der Waals surface area contributed by atoms with Crippen LogP contribution in [0.5, 0.6) is 11.5 Å². The predicted octanol–water partition coefficient (Wildman–Crippen LogP) is 2.31. The van der Waals surface area contributed by atoms with Crippen LogP contribution < -0.4 is 9.47 Å². The molecule has 2 aromatic carbocycles. The quantitative estimate of drug-likeness (QED) is 0.410. The molecule has 1 atom stereocenters. The molecule has 0 radical (unpaired) electrons. The minimum atomic E-state index is -0.138. The lowest BCUT2D eigenvalue weighted by atomic mass is 9.76. The number of ether oxygens (including phenoxy) is 2. The van der Waals surface area contributed by atoms with Gasteiger partial charge in [0, 0.05) is 39.6 Å². The summed E-state index contributed by atoms with van der Waals surface area (Å²) < 4.78 is 10.9. The van der Waals surface area contributed by atoms with E-state index in [4.69, 9.17) is 9.47 Å². The summed E-state index contributed by atoms with van der Waals surface area (Å²) in [7, 11) is 7.20. The van der Waals surface area contributed by atoms with Gasteiger partial charge in [0.1, 0.15) is 5.84 Å². The molecule has 0 saturated heterocycles. The van der Waals surface area contributed by atoms with Gasteiger partial charge < -0.3 is 29.5 Å². The van der Waals surface area contributed by atoms with E-state index >= 15 is 0 Å². The number of amidine groups is 1. The minimum absolute atomic E-state index is 0.107. The van der Waals surface area contributed by atoms with Crippen LogP contribution in [-0.2, 0) is 37.3 Å². The van der Waals surface area contributed by atoms with Gasteiger partial charge in [0.2, 0.25) is 5.91 Å². The van der Waals surface area contributed by atoms with Crippen molar-refractivity contribution < 1.29 is 24.5 Å². The number of aliphatic hydroxyl groups excluding tert-OH is 2. The predicted molar refractivity (Wildman–Crippen MR) is 139 cm³/mol. The first-order valence-electron chi connectivity index (χ1n) is 12.5. The Morgan fingerprint density at radius 2 is 1.72 bits per heavy atom. The molecule has 1 aliphatic carbocycles. The zero-order valence-electron chi connectivity index (χ0n) is 21.7. The summed E-state index contributed by atoms with van der Waals surface area (Å²) in [6.07, 6.45) is 2.84. The maximum atomic E-state index is 13.0. The number of likely N-dealkylation sites (N-methyl/N-ethyl adjacent to an activating group) is 1. The highest BCUT2D eigenvalue weighted by Crippen LogP contribution is 2.43. The number of carbonyl (C=O) groups is 1. The summed E-state index contributed by atoms with van der Waals surface area (Å²) in [6.45, 7) is 1.89. The molecular formula is C28H37N3O5. The first kappa shape index (κ1) is 26.0. The van der Waals surface area contributed by atoms with Gasteiger partial charge >= 0.3 is 0 Å². The second-order valence-corrected chi connectivity index (χ2v) is 9.53. The van der Waals surface area contributed by atoms with Crippen molar-refractivity contribution in [1.82, 2.24) is 9.80 Å². The van der Waals surface area contributed by atoms with Crippen molar-refractivity contribution in [2.75, 3.05) is 47.9 Å². The Kier molecular flexibility index (Phi) is 8.16. The Morgan fingerprint density at radius 1 is 1.06 bits per heavy atom. The van der Waals surface area contributed by atoms with E-state index in [2.05, 4.69) is 23.0 Å². The number of methoxy groups -OCH3 is 2. The van der Waals surface area contributed by atoms with E-state index in [1.54, 1.807) is 14.2 Å². The van der Waals surface area contributed by atoms with Crippen LogP contribution in [0.25, 0.3) is 0 Å². The van der Waals surface area contributed by atoms with Gasteiger partial charge in [-0.15, -0.1) is 0 Å². The summed E-state index contributed by atoms with van der Waals surface area (Å²) in [5.74, 6) is 2.86. The van der Waals surface area contributed by atoms with Crippen LogP contribution in [0, 0.1) is 0 Å². The Bertz CT molecular complexity index is 1150. The molecule has 2 aliphatic rings.